The SMILES string of the molecule is CCOc1ccc(-c2noc(CCC(=O)N3CCN(C(=O)CCCc4ccccc4)CC3)n2)cc1. The Morgan fingerprint density at radius 2 is 1.54 bits per heavy atom. The van der Waals surface area contributed by atoms with E-state index >= 15 is 0 Å². The van der Waals surface area contributed by atoms with Gasteiger partial charge in [0.15, 0.2) is 0 Å². The molecule has 184 valence electrons. The molecule has 0 spiro atoms. The maximum Gasteiger partial charge on any atom is 0.227 e. The minimum atomic E-state index is 0.0435. The van der Waals surface area contributed by atoms with Gasteiger partial charge in [-0.3, -0.25) is 9.59 Å². The zero-order valence-corrected chi connectivity index (χ0v) is 20.2. The highest BCUT2D eigenvalue weighted by atomic mass is 16.5. The molecule has 35 heavy (non-hydrogen) atoms. The van der Waals surface area contributed by atoms with Crippen LogP contribution in [0.25, 0.3) is 11.4 Å². The third-order valence-electron chi connectivity index (χ3n) is 6.13. The van der Waals surface area contributed by atoms with Gasteiger partial charge in [-0.2, -0.15) is 4.98 Å². The van der Waals surface area contributed by atoms with Crippen LogP contribution < -0.4 is 4.74 Å². The molecule has 0 N–H and O–H groups in total. The second kappa shape index (κ2) is 12.1. The second-order valence-electron chi connectivity index (χ2n) is 8.57. The molecule has 0 bridgehead atoms. The minimum absolute atomic E-state index is 0.0435. The van der Waals surface area contributed by atoms with Crippen molar-refractivity contribution in [3.05, 3.63) is 66.1 Å². The molecular weight excluding hydrogens is 444 g/mol. The molecule has 0 saturated carbocycles. The number of amides is 2. The summed E-state index contributed by atoms with van der Waals surface area (Å²) in [6.07, 6.45) is 2.97. The van der Waals surface area contributed by atoms with Crippen molar-refractivity contribution in [2.75, 3.05) is 32.8 Å². The van der Waals surface area contributed by atoms with Gasteiger partial charge in [-0.05, 0) is 49.6 Å². The van der Waals surface area contributed by atoms with Crippen molar-refractivity contribution >= 4 is 11.8 Å². The van der Waals surface area contributed by atoms with Crippen LogP contribution in [0.4, 0.5) is 0 Å². The van der Waals surface area contributed by atoms with Gasteiger partial charge < -0.3 is 19.1 Å². The van der Waals surface area contributed by atoms with Crippen molar-refractivity contribution < 1.29 is 18.8 Å². The number of aromatic nitrogens is 2. The van der Waals surface area contributed by atoms with Gasteiger partial charge in [-0.25, -0.2) is 0 Å². The molecule has 1 aliphatic rings. The highest BCUT2D eigenvalue weighted by Crippen LogP contribution is 2.20. The Morgan fingerprint density at radius 3 is 2.20 bits per heavy atom. The fourth-order valence-corrected chi connectivity index (χ4v) is 4.16. The van der Waals surface area contributed by atoms with Crippen LogP contribution in [0.5, 0.6) is 5.75 Å². The molecule has 1 aromatic heterocycles. The molecule has 2 amide bonds. The van der Waals surface area contributed by atoms with E-state index in [1.165, 1.54) is 5.56 Å². The van der Waals surface area contributed by atoms with E-state index < -0.39 is 0 Å². The molecule has 2 heterocycles. The Bertz CT molecular complexity index is 1090. The van der Waals surface area contributed by atoms with E-state index in [1.807, 2.05) is 59.2 Å². The molecule has 0 radical (unpaired) electrons. The molecular formula is C27H32N4O4. The van der Waals surface area contributed by atoms with Gasteiger partial charge in [-0.15, -0.1) is 0 Å². The predicted molar refractivity (Wildman–Crippen MR) is 132 cm³/mol. The Labute approximate surface area is 205 Å². The summed E-state index contributed by atoms with van der Waals surface area (Å²) in [4.78, 5) is 33.3. The third kappa shape index (κ3) is 6.91. The highest BCUT2D eigenvalue weighted by Gasteiger charge is 2.24. The van der Waals surface area contributed by atoms with Crippen LogP contribution >= 0.6 is 0 Å². The summed E-state index contributed by atoms with van der Waals surface area (Å²) in [6, 6.07) is 17.7. The number of aryl methyl sites for hydroxylation is 2. The Hall–Kier alpha value is -3.68. The number of nitrogens with zero attached hydrogens (tertiary/aromatic N) is 4. The maximum absolute atomic E-state index is 12.7. The van der Waals surface area contributed by atoms with Gasteiger partial charge in [0.25, 0.3) is 0 Å². The first-order valence-electron chi connectivity index (χ1n) is 12.3. The molecule has 0 aliphatic carbocycles. The van der Waals surface area contributed by atoms with E-state index in [4.69, 9.17) is 9.26 Å². The molecule has 0 atom stereocenters. The third-order valence-corrected chi connectivity index (χ3v) is 6.13. The molecule has 1 fully saturated rings. The van der Waals surface area contributed by atoms with Crippen molar-refractivity contribution in [1.29, 1.82) is 0 Å². The second-order valence-corrected chi connectivity index (χ2v) is 8.57. The number of piperazine rings is 1. The molecule has 8 heteroatoms. The smallest absolute Gasteiger partial charge is 0.227 e. The van der Waals surface area contributed by atoms with Crippen LogP contribution in [0.15, 0.2) is 59.1 Å². The van der Waals surface area contributed by atoms with Crippen molar-refractivity contribution in [2.45, 2.75) is 39.0 Å². The molecule has 1 saturated heterocycles. The summed E-state index contributed by atoms with van der Waals surface area (Å²) in [6.45, 7) is 4.83. The minimum Gasteiger partial charge on any atom is -0.494 e. The Balaban J connectivity index is 1.17. The summed E-state index contributed by atoms with van der Waals surface area (Å²) < 4.78 is 10.8. The molecule has 3 aromatic rings. The van der Waals surface area contributed by atoms with Crippen molar-refractivity contribution in [2.24, 2.45) is 0 Å². The fourth-order valence-electron chi connectivity index (χ4n) is 4.16. The van der Waals surface area contributed by atoms with E-state index in [0.717, 1.165) is 24.2 Å². The van der Waals surface area contributed by atoms with Gasteiger partial charge >= 0.3 is 0 Å². The molecule has 4 rings (SSSR count). The maximum atomic E-state index is 12.7. The lowest BCUT2D eigenvalue weighted by Crippen LogP contribution is -2.50. The van der Waals surface area contributed by atoms with Gasteiger partial charge in [0, 0.05) is 51.0 Å². The van der Waals surface area contributed by atoms with Crippen LogP contribution in [0, 0.1) is 0 Å². The van der Waals surface area contributed by atoms with Crippen LogP contribution in [0.1, 0.15) is 37.6 Å². The topological polar surface area (TPSA) is 88.8 Å². The Morgan fingerprint density at radius 1 is 0.886 bits per heavy atom. The zero-order valence-electron chi connectivity index (χ0n) is 20.2. The lowest BCUT2D eigenvalue weighted by Gasteiger charge is -2.35. The lowest BCUT2D eigenvalue weighted by atomic mass is 10.1. The van der Waals surface area contributed by atoms with E-state index in [2.05, 4.69) is 22.3 Å². The number of benzene rings is 2. The summed E-state index contributed by atoms with van der Waals surface area (Å²) in [5.74, 6) is 1.94. The summed E-state index contributed by atoms with van der Waals surface area (Å²) in [5, 5.41) is 4.03. The quantitative estimate of drug-likeness (QED) is 0.443. The predicted octanol–water partition coefficient (Wildman–Crippen LogP) is 3.76. The van der Waals surface area contributed by atoms with Gasteiger partial charge in [0.05, 0.1) is 6.61 Å². The highest BCUT2D eigenvalue weighted by molar-refractivity contribution is 5.78. The first kappa shape index (κ1) is 24.4. The van der Waals surface area contributed by atoms with Crippen LogP contribution in [-0.4, -0.2) is 64.5 Å². The van der Waals surface area contributed by atoms with Gasteiger partial charge in [0.2, 0.25) is 23.5 Å². The number of carbonyl (C=O) groups is 2. The summed E-state index contributed by atoms with van der Waals surface area (Å²) >= 11 is 0. The molecule has 2 aromatic carbocycles. The average Bonchev–Trinajstić information content (AvgIpc) is 3.38. The normalized spacial score (nSPS) is 13.6. The molecule has 0 unspecified atom stereocenters. The van der Waals surface area contributed by atoms with Crippen LogP contribution in [-0.2, 0) is 22.4 Å². The van der Waals surface area contributed by atoms with E-state index in [-0.39, 0.29) is 11.8 Å². The van der Waals surface area contributed by atoms with Crippen LogP contribution in [0.2, 0.25) is 0 Å². The summed E-state index contributed by atoms with van der Waals surface area (Å²) in [7, 11) is 0. The average molecular weight is 477 g/mol. The van der Waals surface area contributed by atoms with Crippen molar-refractivity contribution in [3.63, 3.8) is 0 Å². The number of ether oxygens (including phenoxy) is 1. The van der Waals surface area contributed by atoms with Gasteiger partial charge in [-0.1, -0.05) is 35.5 Å². The van der Waals surface area contributed by atoms with E-state index in [0.29, 0.717) is 63.8 Å². The van der Waals surface area contributed by atoms with Gasteiger partial charge in [0.1, 0.15) is 5.75 Å². The zero-order chi connectivity index (χ0) is 24.5. The summed E-state index contributed by atoms with van der Waals surface area (Å²) in [5.41, 5.74) is 2.09. The number of rotatable bonds is 10. The lowest BCUT2D eigenvalue weighted by molar-refractivity contribution is -0.139. The monoisotopic (exact) mass is 476 g/mol. The number of hydrogen-bond donors (Lipinski definition) is 0. The van der Waals surface area contributed by atoms with Crippen LogP contribution in [0.3, 0.4) is 0 Å². The first-order valence-corrected chi connectivity index (χ1v) is 12.3. The number of carbonyl (C=O) groups excluding carboxylic acids is 2. The van der Waals surface area contributed by atoms with E-state index in [1.54, 1.807) is 0 Å². The van der Waals surface area contributed by atoms with Crippen molar-refractivity contribution in [3.8, 4) is 17.1 Å². The standard InChI is InChI=1S/C27H32N4O4/c1-2-34-23-13-11-22(12-14-23)27-28-24(35-29-27)15-16-26(33)31-19-17-30(18-20-31)25(32)10-6-9-21-7-4-3-5-8-21/h3-5,7-8,11-14H,2,6,9-10,15-20H2,1H3. The molecule has 8 nitrogen and oxygen atoms in total. The number of hydrogen-bond acceptors (Lipinski definition) is 6. The largest absolute Gasteiger partial charge is 0.494 e. The first-order chi connectivity index (χ1) is 17.1. The Kier molecular flexibility index (Phi) is 8.48. The van der Waals surface area contributed by atoms with Crippen molar-refractivity contribution in [1.82, 2.24) is 19.9 Å². The van der Waals surface area contributed by atoms with E-state index in [9.17, 15) is 9.59 Å². The fraction of sp³-hybridized carbons (Fsp3) is 0.407. The molecule has 1 aliphatic heterocycles.